The first-order valence-corrected chi connectivity index (χ1v) is 7.62. The Bertz CT molecular complexity index is 620. The van der Waals surface area contributed by atoms with Gasteiger partial charge in [-0.15, -0.1) is 0 Å². The fourth-order valence-corrected chi connectivity index (χ4v) is 3.02. The van der Waals surface area contributed by atoms with Crippen LogP contribution in [-0.2, 0) is 18.4 Å². The first kappa shape index (κ1) is 14.8. The van der Waals surface area contributed by atoms with Crippen molar-refractivity contribution in [3.05, 3.63) is 42.1 Å². The fourth-order valence-electron chi connectivity index (χ4n) is 3.02. The van der Waals surface area contributed by atoms with E-state index in [1.165, 1.54) is 5.56 Å². The molecule has 0 aliphatic carbocycles. The van der Waals surface area contributed by atoms with E-state index in [0.29, 0.717) is 19.1 Å². The maximum atomic E-state index is 12.4. The van der Waals surface area contributed by atoms with Crippen molar-refractivity contribution in [1.82, 2.24) is 19.6 Å². The van der Waals surface area contributed by atoms with Crippen molar-refractivity contribution in [2.75, 3.05) is 20.1 Å². The van der Waals surface area contributed by atoms with Crippen LogP contribution < -0.4 is 0 Å². The Hall–Kier alpha value is -2.08. The van der Waals surface area contributed by atoms with E-state index in [4.69, 9.17) is 4.42 Å². The zero-order valence-electron chi connectivity index (χ0n) is 13.1. The second-order valence-corrected chi connectivity index (χ2v) is 5.91. The number of hydrogen-bond acceptors (Lipinski definition) is 4. The lowest BCUT2D eigenvalue weighted by Crippen LogP contribution is -2.37. The smallest absolute Gasteiger partial charge is 0.236 e. The monoisotopic (exact) mass is 302 g/mol. The summed E-state index contributed by atoms with van der Waals surface area (Å²) in [5, 5.41) is 4.24. The lowest BCUT2D eigenvalue weighted by Gasteiger charge is -2.25. The second kappa shape index (κ2) is 6.36. The molecule has 6 heteroatoms. The Morgan fingerprint density at radius 3 is 3.09 bits per heavy atom. The van der Waals surface area contributed by atoms with Gasteiger partial charge < -0.3 is 9.32 Å². The van der Waals surface area contributed by atoms with Crippen molar-refractivity contribution in [1.29, 1.82) is 0 Å². The number of aryl methyl sites for hydroxylation is 1. The highest BCUT2D eigenvalue weighted by atomic mass is 16.3. The van der Waals surface area contributed by atoms with Gasteiger partial charge in [0.1, 0.15) is 5.76 Å². The average Bonchev–Trinajstić information content (AvgIpc) is 3.20. The molecular weight excluding hydrogens is 280 g/mol. The van der Waals surface area contributed by atoms with Crippen LogP contribution in [0.4, 0.5) is 0 Å². The number of furan rings is 1. The number of likely N-dealkylation sites (tertiary alicyclic amines) is 1. The van der Waals surface area contributed by atoms with Crippen molar-refractivity contribution in [3.63, 3.8) is 0 Å². The van der Waals surface area contributed by atoms with Crippen LogP contribution in [0.2, 0.25) is 0 Å². The zero-order valence-corrected chi connectivity index (χ0v) is 13.1. The molecular formula is C16H22N4O2. The van der Waals surface area contributed by atoms with Gasteiger partial charge in [0, 0.05) is 31.9 Å². The third-order valence-corrected chi connectivity index (χ3v) is 4.21. The quantitative estimate of drug-likeness (QED) is 0.845. The maximum Gasteiger partial charge on any atom is 0.236 e. The van der Waals surface area contributed by atoms with Crippen molar-refractivity contribution >= 4 is 5.91 Å². The highest BCUT2D eigenvalue weighted by Crippen LogP contribution is 2.31. The first-order valence-electron chi connectivity index (χ1n) is 7.62. The van der Waals surface area contributed by atoms with Crippen molar-refractivity contribution in [2.45, 2.75) is 25.4 Å². The normalized spacial score (nSPS) is 18.7. The van der Waals surface area contributed by atoms with E-state index in [1.807, 2.05) is 43.3 Å². The van der Waals surface area contributed by atoms with Crippen LogP contribution in [0.1, 0.15) is 30.2 Å². The Labute approximate surface area is 130 Å². The molecule has 1 saturated heterocycles. The summed E-state index contributed by atoms with van der Waals surface area (Å²) in [4.78, 5) is 16.4. The summed E-state index contributed by atoms with van der Waals surface area (Å²) in [5.74, 6) is 0.924. The lowest BCUT2D eigenvalue weighted by molar-refractivity contribution is -0.132. The van der Waals surface area contributed by atoms with E-state index in [1.54, 1.807) is 11.2 Å². The van der Waals surface area contributed by atoms with E-state index >= 15 is 0 Å². The van der Waals surface area contributed by atoms with E-state index in [-0.39, 0.29) is 5.91 Å². The van der Waals surface area contributed by atoms with Crippen molar-refractivity contribution < 1.29 is 9.21 Å². The zero-order chi connectivity index (χ0) is 15.5. The molecule has 1 aliphatic rings. The standard InChI is InChI=1S/C16H22N4O2/c1-18(11-14-5-4-8-22-14)16(21)12-20-7-3-6-15(20)13-9-17-19(2)10-13/h4-5,8-10,15H,3,6-7,11-12H2,1-2H3. The molecule has 0 aromatic carbocycles. The summed E-state index contributed by atoms with van der Waals surface area (Å²) < 4.78 is 7.12. The minimum atomic E-state index is 0.118. The lowest BCUT2D eigenvalue weighted by atomic mass is 10.1. The van der Waals surface area contributed by atoms with Crippen LogP contribution in [0.5, 0.6) is 0 Å². The molecule has 118 valence electrons. The highest BCUT2D eigenvalue weighted by molar-refractivity contribution is 5.78. The van der Waals surface area contributed by atoms with E-state index < -0.39 is 0 Å². The minimum Gasteiger partial charge on any atom is -0.467 e. The summed E-state index contributed by atoms with van der Waals surface area (Å²) in [5.41, 5.74) is 1.20. The minimum absolute atomic E-state index is 0.118. The number of aromatic nitrogens is 2. The number of carbonyl (C=O) groups is 1. The van der Waals surface area contributed by atoms with E-state index in [2.05, 4.69) is 10.00 Å². The fraction of sp³-hybridized carbons (Fsp3) is 0.500. The predicted octanol–water partition coefficient (Wildman–Crippen LogP) is 1.81. The van der Waals surface area contributed by atoms with Gasteiger partial charge in [-0.1, -0.05) is 0 Å². The molecule has 22 heavy (non-hydrogen) atoms. The number of nitrogens with zero attached hydrogens (tertiary/aromatic N) is 4. The third-order valence-electron chi connectivity index (χ3n) is 4.21. The summed E-state index contributed by atoms with van der Waals surface area (Å²) in [6.45, 7) is 1.91. The first-order chi connectivity index (χ1) is 10.6. The summed E-state index contributed by atoms with van der Waals surface area (Å²) in [6, 6.07) is 4.03. The van der Waals surface area contributed by atoms with E-state index in [0.717, 1.165) is 25.1 Å². The van der Waals surface area contributed by atoms with Gasteiger partial charge in [-0.3, -0.25) is 14.4 Å². The molecule has 1 unspecified atom stereocenters. The van der Waals surface area contributed by atoms with Crippen LogP contribution in [-0.4, -0.2) is 45.6 Å². The van der Waals surface area contributed by atoms with Gasteiger partial charge in [-0.05, 0) is 31.5 Å². The summed E-state index contributed by atoms with van der Waals surface area (Å²) in [6.07, 6.45) is 7.78. The van der Waals surface area contributed by atoms with Crippen LogP contribution in [0.3, 0.4) is 0 Å². The van der Waals surface area contributed by atoms with Crippen LogP contribution in [0.25, 0.3) is 0 Å². The molecule has 3 rings (SSSR count). The Morgan fingerprint density at radius 1 is 1.55 bits per heavy atom. The highest BCUT2D eigenvalue weighted by Gasteiger charge is 2.29. The molecule has 2 aromatic heterocycles. The average molecular weight is 302 g/mol. The number of carbonyl (C=O) groups excluding carboxylic acids is 1. The molecule has 1 atom stereocenters. The second-order valence-electron chi connectivity index (χ2n) is 5.91. The molecule has 2 aromatic rings. The SMILES string of the molecule is CN(Cc1ccco1)C(=O)CN1CCCC1c1cnn(C)c1. The van der Waals surface area contributed by atoms with Crippen LogP contribution in [0, 0.1) is 0 Å². The van der Waals surface area contributed by atoms with Crippen LogP contribution >= 0.6 is 0 Å². The Kier molecular flexibility index (Phi) is 4.29. The van der Waals surface area contributed by atoms with E-state index in [9.17, 15) is 4.79 Å². The van der Waals surface area contributed by atoms with Gasteiger partial charge in [-0.25, -0.2) is 0 Å². The molecule has 6 nitrogen and oxygen atoms in total. The summed E-state index contributed by atoms with van der Waals surface area (Å²) in [7, 11) is 3.74. The number of amides is 1. The molecule has 0 spiro atoms. The molecule has 0 saturated carbocycles. The largest absolute Gasteiger partial charge is 0.467 e. The Balaban J connectivity index is 1.60. The maximum absolute atomic E-state index is 12.4. The molecule has 0 bridgehead atoms. The molecule has 0 radical (unpaired) electrons. The van der Waals surface area contributed by atoms with Crippen molar-refractivity contribution in [2.24, 2.45) is 7.05 Å². The Morgan fingerprint density at radius 2 is 2.41 bits per heavy atom. The molecule has 1 amide bonds. The van der Waals surface area contributed by atoms with Gasteiger partial charge >= 0.3 is 0 Å². The molecule has 1 fully saturated rings. The van der Waals surface area contributed by atoms with Gasteiger partial charge in [0.25, 0.3) is 0 Å². The van der Waals surface area contributed by atoms with Gasteiger partial charge in [-0.2, -0.15) is 5.10 Å². The molecule has 3 heterocycles. The third kappa shape index (κ3) is 3.22. The molecule has 0 N–H and O–H groups in total. The predicted molar refractivity (Wildman–Crippen MR) is 81.9 cm³/mol. The van der Waals surface area contributed by atoms with Gasteiger partial charge in [0.15, 0.2) is 0 Å². The topological polar surface area (TPSA) is 54.5 Å². The van der Waals surface area contributed by atoms with Gasteiger partial charge in [0.05, 0.1) is 25.5 Å². The summed E-state index contributed by atoms with van der Waals surface area (Å²) >= 11 is 0. The van der Waals surface area contributed by atoms with Crippen LogP contribution in [0.15, 0.2) is 35.2 Å². The molecule has 1 aliphatic heterocycles. The number of hydrogen-bond donors (Lipinski definition) is 0. The number of likely N-dealkylation sites (N-methyl/N-ethyl adjacent to an activating group) is 1. The number of rotatable bonds is 5. The van der Waals surface area contributed by atoms with Gasteiger partial charge in [0.2, 0.25) is 5.91 Å². The van der Waals surface area contributed by atoms with Crippen molar-refractivity contribution in [3.8, 4) is 0 Å².